The Morgan fingerprint density at radius 2 is 2.10 bits per heavy atom. The molecule has 1 unspecified atom stereocenters. The van der Waals surface area contributed by atoms with Gasteiger partial charge in [0.2, 0.25) is 0 Å². The summed E-state index contributed by atoms with van der Waals surface area (Å²) in [5, 5.41) is 9.03. The van der Waals surface area contributed by atoms with E-state index in [0.717, 1.165) is 12.6 Å². The van der Waals surface area contributed by atoms with Crippen LogP contribution in [-0.4, -0.2) is 49.1 Å². The Kier molecular flexibility index (Phi) is 4.42. The number of methoxy groups -OCH3 is 1. The molecule has 0 spiro atoms. The maximum Gasteiger partial charge on any atom is 0.136 e. The molecule has 0 N–H and O–H groups in total. The van der Waals surface area contributed by atoms with Gasteiger partial charge in [-0.3, -0.25) is 9.80 Å². The second-order valence-electron chi connectivity index (χ2n) is 6.07. The lowest BCUT2D eigenvalue weighted by Crippen LogP contribution is -2.35. The van der Waals surface area contributed by atoms with Crippen molar-refractivity contribution in [2.45, 2.75) is 31.8 Å². The highest BCUT2D eigenvalue weighted by atomic mass is 16.5. The van der Waals surface area contributed by atoms with E-state index in [9.17, 15) is 0 Å². The minimum atomic E-state index is 0.609. The van der Waals surface area contributed by atoms with Gasteiger partial charge in [-0.15, -0.1) is 0 Å². The average molecular weight is 285 g/mol. The lowest BCUT2D eigenvalue weighted by molar-refractivity contribution is 0.230. The van der Waals surface area contributed by atoms with Gasteiger partial charge in [-0.05, 0) is 50.0 Å². The Bertz CT molecular complexity index is 531. The Balaban J connectivity index is 1.61. The van der Waals surface area contributed by atoms with E-state index in [1.807, 2.05) is 18.2 Å². The lowest BCUT2D eigenvalue weighted by atomic mass is 10.1. The van der Waals surface area contributed by atoms with Crippen molar-refractivity contribution < 1.29 is 4.74 Å². The van der Waals surface area contributed by atoms with Gasteiger partial charge in [0.15, 0.2) is 0 Å². The zero-order valence-electron chi connectivity index (χ0n) is 12.7. The standard InChI is InChI=1S/C17H23N3O/c1-21-17-10-14(4-5-15(17)11-18)12-19-9-6-16(13-19)20-7-2-3-8-20/h4-5,10,16H,2-3,6-9,12-13H2,1H3. The summed E-state index contributed by atoms with van der Waals surface area (Å²) in [4.78, 5) is 5.17. The summed E-state index contributed by atoms with van der Waals surface area (Å²) in [6.45, 7) is 5.85. The van der Waals surface area contributed by atoms with Crippen molar-refractivity contribution in [2.75, 3.05) is 33.3 Å². The molecule has 0 aliphatic carbocycles. The van der Waals surface area contributed by atoms with Crippen LogP contribution in [0.4, 0.5) is 0 Å². The zero-order valence-corrected chi connectivity index (χ0v) is 12.7. The third-order valence-corrected chi connectivity index (χ3v) is 4.70. The van der Waals surface area contributed by atoms with E-state index in [1.165, 1.54) is 51.0 Å². The summed E-state index contributed by atoms with van der Waals surface area (Å²) in [5.74, 6) is 0.685. The second kappa shape index (κ2) is 6.46. The molecule has 21 heavy (non-hydrogen) atoms. The molecule has 0 aromatic heterocycles. The first-order valence-electron chi connectivity index (χ1n) is 7.83. The third kappa shape index (κ3) is 3.20. The van der Waals surface area contributed by atoms with Crippen molar-refractivity contribution in [3.63, 3.8) is 0 Å². The van der Waals surface area contributed by atoms with Crippen molar-refractivity contribution in [1.29, 1.82) is 5.26 Å². The summed E-state index contributed by atoms with van der Waals surface area (Å²) in [6.07, 6.45) is 4.01. The van der Waals surface area contributed by atoms with Crippen LogP contribution >= 0.6 is 0 Å². The van der Waals surface area contributed by atoms with Crippen LogP contribution < -0.4 is 4.74 Å². The first-order valence-corrected chi connectivity index (χ1v) is 7.83. The summed E-state index contributed by atoms with van der Waals surface area (Å²) in [6, 6.07) is 8.82. The molecular formula is C17H23N3O. The van der Waals surface area contributed by atoms with Gasteiger partial charge in [0, 0.05) is 25.7 Å². The number of rotatable bonds is 4. The van der Waals surface area contributed by atoms with Crippen molar-refractivity contribution in [3.8, 4) is 11.8 Å². The molecule has 3 rings (SSSR count). The van der Waals surface area contributed by atoms with Crippen molar-refractivity contribution in [2.24, 2.45) is 0 Å². The van der Waals surface area contributed by atoms with Crippen LogP contribution in [0.1, 0.15) is 30.4 Å². The maximum atomic E-state index is 9.03. The van der Waals surface area contributed by atoms with E-state index >= 15 is 0 Å². The number of hydrogen-bond donors (Lipinski definition) is 0. The summed E-state index contributed by atoms with van der Waals surface area (Å²) in [5.41, 5.74) is 1.84. The van der Waals surface area contributed by atoms with E-state index in [2.05, 4.69) is 15.9 Å². The van der Waals surface area contributed by atoms with Gasteiger partial charge >= 0.3 is 0 Å². The van der Waals surface area contributed by atoms with Gasteiger partial charge in [-0.1, -0.05) is 6.07 Å². The highest BCUT2D eigenvalue weighted by Crippen LogP contribution is 2.24. The van der Waals surface area contributed by atoms with Crippen LogP contribution in [0, 0.1) is 11.3 Å². The first-order chi connectivity index (χ1) is 10.3. The van der Waals surface area contributed by atoms with Gasteiger partial charge in [0.25, 0.3) is 0 Å². The molecule has 4 heteroatoms. The predicted octanol–water partition coefficient (Wildman–Crippen LogP) is 2.24. The molecule has 0 radical (unpaired) electrons. The molecule has 2 heterocycles. The van der Waals surface area contributed by atoms with Crippen molar-refractivity contribution in [3.05, 3.63) is 29.3 Å². The van der Waals surface area contributed by atoms with Crippen LogP contribution in [0.2, 0.25) is 0 Å². The normalized spacial score (nSPS) is 23.3. The number of likely N-dealkylation sites (tertiary alicyclic amines) is 2. The van der Waals surface area contributed by atoms with Crippen LogP contribution in [0.15, 0.2) is 18.2 Å². The maximum absolute atomic E-state index is 9.03. The molecular weight excluding hydrogens is 262 g/mol. The van der Waals surface area contributed by atoms with Crippen LogP contribution in [0.25, 0.3) is 0 Å². The molecule has 2 aliphatic heterocycles. The SMILES string of the molecule is COc1cc(CN2CCC(N3CCCC3)C2)ccc1C#N. The summed E-state index contributed by atoms with van der Waals surface area (Å²) < 4.78 is 5.29. The summed E-state index contributed by atoms with van der Waals surface area (Å²) >= 11 is 0. The molecule has 2 aliphatic rings. The summed E-state index contributed by atoms with van der Waals surface area (Å²) in [7, 11) is 1.62. The van der Waals surface area contributed by atoms with E-state index < -0.39 is 0 Å². The predicted molar refractivity (Wildman–Crippen MR) is 82.2 cm³/mol. The number of nitrogens with zero attached hydrogens (tertiary/aromatic N) is 3. The third-order valence-electron chi connectivity index (χ3n) is 4.70. The number of ether oxygens (including phenoxy) is 1. The van der Waals surface area contributed by atoms with Gasteiger partial charge < -0.3 is 4.74 Å². The van der Waals surface area contributed by atoms with Gasteiger partial charge in [-0.2, -0.15) is 5.26 Å². The quantitative estimate of drug-likeness (QED) is 0.850. The molecule has 0 amide bonds. The molecule has 1 atom stereocenters. The fourth-order valence-electron chi connectivity index (χ4n) is 3.55. The van der Waals surface area contributed by atoms with E-state index in [4.69, 9.17) is 10.00 Å². The molecule has 1 aromatic rings. The molecule has 2 saturated heterocycles. The largest absolute Gasteiger partial charge is 0.495 e. The van der Waals surface area contributed by atoms with Gasteiger partial charge in [0.05, 0.1) is 12.7 Å². The molecule has 0 saturated carbocycles. The van der Waals surface area contributed by atoms with Crippen LogP contribution in [0.5, 0.6) is 5.75 Å². The fourth-order valence-corrected chi connectivity index (χ4v) is 3.55. The second-order valence-corrected chi connectivity index (χ2v) is 6.07. The number of benzene rings is 1. The number of nitriles is 1. The molecule has 0 bridgehead atoms. The monoisotopic (exact) mass is 285 g/mol. The minimum Gasteiger partial charge on any atom is -0.495 e. The Labute approximate surface area is 126 Å². The van der Waals surface area contributed by atoms with Crippen LogP contribution in [0.3, 0.4) is 0 Å². The molecule has 4 nitrogen and oxygen atoms in total. The number of hydrogen-bond acceptors (Lipinski definition) is 4. The molecule has 112 valence electrons. The van der Waals surface area contributed by atoms with Crippen molar-refractivity contribution >= 4 is 0 Å². The lowest BCUT2D eigenvalue weighted by Gasteiger charge is -2.23. The Morgan fingerprint density at radius 3 is 2.81 bits per heavy atom. The smallest absolute Gasteiger partial charge is 0.136 e. The zero-order chi connectivity index (χ0) is 14.7. The van der Waals surface area contributed by atoms with Crippen LogP contribution in [-0.2, 0) is 6.54 Å². The molecule has 1 aromatic carbocycles. The van der Waals surface area contributed by atoms with E-state index in [0.29, 0.717) is 11.3 Å². The average Bonchev–Trinajstić information content (AvgIpc) is 3.17. The Morgan fingerprint density at radius 1 is 1.29 bits per heavy atom. The first kappa shape index (κ1) is 14.4. The van der Waals surface area contributed by atoms with Gasteiger partial charge in [-0.25, -0.2) is 0 Å². The van der Waals surface area contributed by atoms with Gasteiger partial charge in [0.1, 0.15) is 11.8 Å². The van der Waals surface area contributed by atoms with E-state index in [1.54, 1.807) is 7.11 Å². The highest BCUT2D eigenvalue weighted by molar-refractivity contribution is 5.45. The van der Waals surface area contributed by atoms with Crippen molar-refractivity contribution in [1.82, 2.24) is 9.80 Å². The fraction of sp³-hybridized carbons (Fsp3) is 0.588. The minimum absolute atomic E-state index is 0.609. The highest BCUT2D eigenvalue weighted by Gasteiger charge is 2.29. The molecule has 2 fully saturated rings. The topological polar surface area (TPSA) is 39.5 Å². The Hall–Kier alpha value is -1.57. The van der Waals surface area contributed by atoms with E-state index in [-0.39, 0.29) is 0 Å².